The summed E-state index contributed by atoms with van der Waals surface area (Å²) in [7, 11) is 1.85. The van der Waals surface area contributed by atoms with Gasteiger partial charge >= 0.3 is 0 Å². The lowest BCUT2D eigenvalue weighted by molar-refractivity contribution is -0.385. The van der Waals surface area contributed by atoms with Gasteiger partial charge in [-0.3, -0.25) is 19.9 Å². The van der Waals surface area contributed by atoms with E-state index < -0.39 is 4.92 Å². The van der Waals surface area contributed by atoms with E-state index in [-0.39, 0.29) is 11.7 Å². The van der Waals surface area contributed by atoms with Crippen molar-refractivity contribution in [3.8, 4) is 0 Å². The molecule has 0 amide bonds. The van der Waals surface area contributed by atoms with Crippen LogP contribution in [0.25, 0.3) is 0 Å². The Bertz CT molecular complexity index is 1070. The number of piperazine rings is 1. The lowest BCUT2D eigenvalue weighted by atomic mass is 10.0. The lowest BCUT2D eigenvalue weighted by Crippen LogP contribution is -2.47. The molecule has 8 nitrogen and oxygen atoms in total. The number of rotatable bonds is 8. The average molecular weight is 446 g/mol. The second-order valence-corrected chi connectivity index (χ2v) is 8.16. The van der Waals surface area contributed by atoms with E-state index in [9.17, 15) is 14.9 Å². The van der Waals surface area contributed by atoms with Gasteiger partial charge in [-0.1, -0.05) is 42.5 Å². The monoisotopic (exact) mass is 445 g/mol. The molecule has 0 spiro atoms. The van der Waals surface area contributed by atoms with E-state index in [0.29, 0.717) is 5.82 Å². The molecule has 2 heterocycles. The summed E-state index contributed by atoms with van der Waals surface area (Å²) in [6.07, 6.45) is 2.27. The zero-order valence-corrected chi connectivity index (χ0v) is 18.6. The molecular formula is C25H27N5O3. The van der Waals surface area contributed by atoms with Crippen LogP contribution in [0.1, 0.15) is 17.2 Å². The third-order valence-corrected chi connectivity index (χ3v) is 6.09. The molecule has 0 radical (unpaired) electrons. The van der Waals surface area contributed by atoms with Crippen LogP contribution in [-0.2, 0) is 11.3 Å². The van der Waals surface area contributed by atoms with Crippen LogP contribution in [0.3, 0.4) is 0 Å². The minimum absolute atomic E-state index is 0.0415. The molecular weight excluding hydrogens is 418 g/mol. The highest BCUT2D eigenvalue weighted by Crippen LogP contribution is 2.27. The Labute approximate surface area is 193 Å². The first kappa shape index (κ1) is 22.6. The van der Waals surface area contributed by atoms with Gasteiger partial charge in [0.1, 0.15) is 18.3 Å². The quantitative estimate of drug-likeness (QED) is 0.296. The second kappa shape index (κ2) is 10.3. The van der Waals surface area contributed by atoms with Crippen LogP contribution < -0.4 is 4.90 Å². The number of carbonyl (C=O) groups excluding carboxylic acids is 1. The zero-order chi connectivity index (χ0) is 23.2. The molecule has 0 N–H and O–H groups in total. The van der Waals surface area contributed by atoms with Crippen molar-refractivity contribution in [3.05, 3.63) is 94.2 Å². The van der Waals surface area contributed by atoms with Crippen molar-refractivity contribution in [2.45, 2.75) is 12.6 Å². The van der Waals surface area contributed by atoms with Crippen molar-refractivity contribution in [1.82, 2.24) is 14.8 Å². The summed E-state index contributed by atoms with van der Waals surface area (Å²) < 4.78 is 0. The van der Waals surface area contributed by atoms with Gasteiger partial charge in [0.15, 0.2) is 0 Å². The summed E-state index contributed by atoms with van der Waals surface area (Å²) in [6.45, 7) is 4.45. The molecule has 1 fully saturated rings. The number of hydrogen-bond acceptors (Lipinski definition) is 7. The predicted octanol–water partition coefficient (Wildman–Crippen LogP) is 3.82. The van der Waals surface area contributed by atoms with Crippen molar-refractivity contribution in [1.29, 1.82) is 0 Å². The summed E-state index contributed by atoms with van der Waals surface area (Å²) in [4.78, 5) is 33.0. The normalized spacial score (nSPS) is 15.7. The Balaban J connectivity index is 1.38. The number of hydrogen-bond donors (Lipinski definition) is 0. The van der Waals surface area contributed by atoms with Gasteiger partial charge in [-0.05, 0) is 29.3 Å². The number of nitrogens with zero attached hydrogens (tertiary/aromatic N) is 5. The first-order valence-electron chi connectivity index (χ1n) is 10.9. The standard InChI is InChI=1S/C25H27N5O3/c1-27(25-12-11-23(17-26-25)30(32)33)22-9-7-21(8-10-22)24(19-31)29-15-13-28(14-16-29)18-20-5-3-2-4-6-20/h2-12,17,19,24H,13-16,18H2,1H3. The van der Waals surface area contributed by atoms with Gasteiger partial charge in [0, 0.05) is 51.5 Å². The number of anilines is 2. The molecule has 1 unspecified atom stereocenters. The van der Waals surface area contributed by atoms with Gasteiger partial charge in [-0.25, -0.2) is 4.98 Å². The molecule has 1 saturated heterocycles. The Kier molecular flexibility index (Phi) is 7.07. The summed E-state index contributed by atoms with van der Waals surface area (Å²) in [5.41, 5.74) is 3.10. The summed E-state index contributed by atoms with van der Waals surface area (Å²) >= 11 is 0. The maximum atomic E-state index is 12.0. The molecule has 3 aromatic rings. The zero-order valence-electron chi connectivity index (χ0n) is 18.6. The Morgan fingerprint density at radius 3 is 2.30 bits per heavy atom. The Morgan fingerprint density at radius 2 is 1.73 bits per heavy atom. The molecule has 0 bridgehead atoms. The minimum atomic E-state index is -0.466. The largest absolute Gasteiger partial charge is 0.329 e. The van der Waals surface area contributed by atoms with Crippen LogP contribution in [-0.4, -0.2) is 59.2 Å². The molecule has 33 heavy (non-hydrogen) atoms. The number of aldehydes is 1. The van der Waals surface area contributed by atoms with E-state index in [1.807, 2.05) is 42.3 Å². The van der Waals surface area contributed by atoms with Gasteiger partial charge in [0.2, 0.25) is 0 Å². The van der Waals surface area contributed by atoms with E-state index in [0.717, 1.165) is 50.3 Å². The number of nitro groups is 1. The highest BCUT2D eigenvalue weighted by molar-refractivity contribution is 5.64. The van der Waals surface area contributed by atoms with Crippen molar-refractivity contribution in [3.63, 3.8) is 0 Å². The number of carbonyl (C=O) groups is 1. The molecule has 170 valence electrons. The van der Waals surface area contributed by atoms with Crippen LogP contribution in [0, 0.1) is 10.1 Å². The maximum Gasteiger partial charge on any atom is 0.287 e. The van der Waals surface area contributed by atoms with Crippen molar-refractivity contribution >= 4 is 23.5 Å². The number of aromatic nitrogens is 1. The molecule has 1 atom stereocenters. The van der Waals surface area contributed by atoms with E-state index in [4.69, 9.17) is 0 Å². The minimum Gasteiger partial charge on any atom is -0.329 e. The Hall–Kier alpha value is -3.62. The molecule has 8 heteroatoms. The highest BCUT2D eigenvalue weighted by Gasteiger charge is 2.25. The van der Waals surface area contributed by atoms with Crippen LogP contribution in [0.2, 0.25) is 0 Å². The number of pyridine rings is 1. The number of benzene rings is 2. The summed E-state index contributed by atoms with van der Waals surface area (Å²) in [5, 5.41) is 10.8. The first-order valence-corrected chi connectivity index (χ1v) is 10.9. The SMILES string of the molecule is CN(c1ccc(C(C=O)N2CCN(Cc3ccccc3)CC2)cc1)c1ccc([N+](=O)[O-])cn1. The molecule has 1 aliphatic heterocycles. The molecule has 4 rings (SSSR count). The Morgan fingerprint density at radius 1 is 1.03 bits per heavy atom. The molecule has 0 saturated carbocycles. The second-order valence-electron chi connectivity index (χ2n) is 8.16. The maximum absolute atomic E-state index is 12.0. The van der Waals surface area contributed by atoms with Gasteiger partial charge in [0.05, 0.1) is 11.0 Å². The third-order valence-electron chi connectivity index (χ3n) is 6.09. The van der Waals surface area contributed by atoms with Gasteiger partial charge < -0.3 is 9.69 Å². The lowest BCUT2D eigenvalue weighted by Gasteiger charge is -2.37. The van der Waals surface area contributed by atoms with Crippen LogP contribution in [0.15, 0.2) is 72.9 Å². The van der Waals surface area contributed by atoms with Gasteiger partial charge in [0.25, 0.3) is 5.69 Å². The van der Waals surface area contributed by atoms with Gasteiger partial charge in [-0.2, -0.15) is 0 Å². The fourth-order valence-corrected chi connectivity index (χ4v) is 4.13. The molecule has 1 aromatic heterocycles. The van der Waals surface area contributed by atoms with E-state index in [1.54, 1.807) is 6.07 Å². The molecule has 1 aliphatic rings. The van der Waals surface area contributed by atoms with Crippen molar-refractivity contribution in [2.75, 3.05) is 38.1 Å². The van der Waals surface area contributed by atoms with Gasteiger partial charge in [-0.15, -0.1) is 0 Å². The molecule has 0 aliphatic carbocycles. The van der Waals surface area contributed by atoms with E-state index in [1.165, 1.54) is 17.8 Å². The predicted molar refractivity (Wildman–Crippen MR) is 127 cm³/mol. The van der Waals surface area contributed by atoms with Crippen molar-refractivity contribution in [2.24, 2.45) is 0 Å². The fraction of sp³-hybridized carbons (Fsp3) is 0.280. The fourth-order valence-electron chi connectivity index (χ4n) is 4.13. The van der Waals surface area contributed by atoms with Crippen molar-refractivity contribution < 1.29 is 9.72 Å². The smallest absolute Gasteiger partial charge is 0.287 e. The van der Waals surface area contributed by atoms with E-state index in [2.05, 4.69) is 39.0 Å². The highest BCUT2D eigenvalue weighted by atomic mass is 16.6. The van der Waals surface area contributed by atoms with Crippen LogP contribution >= 0.6 is 0 Å². The third kappa shape index (κ3) is 5.42. The average Bonchev–Trinajstić information content (AvgIpc) is 2.86. The summed E-state index contributed by atoms with van der Waals surface area (Å²) in [5.74, 6) is 0.606. The van der Waals surface area contributed by atoms with Crippen LogP contribution in [0.4, 0.5) is 17.2 Å². The topological polar surface area (TPSA) is 82.8 Å². The summed E-state index contributed by atoms with van der Waals surface area (Å²) in [6, 6.07) is 21.0. The van der Waals surface area contributed by atoms with E-state index >= 15 is 0 Å². The first-order chi connectivity index (χ1) is 16.0. The molecule has 2 aromatic carbocycles. The van der Waals surface area contributed by atoms with Crippen LogP contribution in [0.5, 0.6) is 0 Å².